The van der Waals surface area contributed by atoms with Crippen LogP contribution in [0.15, 0.2) is 86.9 Å². The lowest BCUT2D eigenvalue weighted by Crippen LogP contribution is -2.25. The Kier molecular flexibility index (Phi) is 19.5. The van der Waals surface area contributed by atoms with Crippen LogP contribution in [0.5, 0.6) is 5.88 Å². The number of nitrogens with one attached hydrogen (secondary N) is 3. The van der Waals surface area contributed by atoms with Gasteiger partial charge in [-0.15, -0.1) is 0 Å². The molecule has 0 spiro atoms. The molecule has 332 valence electrons. The monoisotopic (exact) mass is 1130 g/mol. The van der Waals surface area contributed by atoms with Crippen LogP contribution in [-0.2, 0) is 47.9 Å². The van der Waals surface area contributed by atoms with Gasteiger partial charge in [-0.1, -0.05) is 0 Å². The van der Waals surface area contributed by atoms with Gasteiger partial charge in [-0.05, 0) is 73.5 Å². The molecule has 0 bridgehead atoms. The Morgan fingerprint density at radius 1 is 0.754 bits per heavy atom. The van der Waals surface area contributed by atoms with E-state index in [4.69, 9.17) is 35.8 Å². The van der Waals surface area contributed by atoms with Crippen molar-refractivity contribution in [2.45, 2.75) is 38.6 Å². The van der Waals surface area contributed by atoms with Crippen LogP contribution in [0.1, 0.15) is 30.8 Å². The number of sulfone groups is 2. The van der Waals surface area contributed by atoms with E-state index in [1.54, 1.807) is 12.1 Å². The molecule has 1 unspecified atom stereocenters. The van der Waals surface area contributed by atoms with Gasteiger partial charge in [0.05, 0.1) is 59.3 Å². The van der Waals surface area contributed by atoms with E-state index < -0.39 is 30.1 Å². The summed E-state index contributed by atoms with van der Waals surface area (Å²) in [6.45, 7) is 2.34. The van der Waals surface area contributed by atoms with Gasteiger partial charge in [0.2, 0.25) is 12.2 Å². The molecule has 24 heteroatoms. The Balaban J connectivity index is 0.000000238. The van der Waals surface area contributed by atoms with Crippen molar-refractivity contribution >= 4 is 89.1 Å². The number of fused-ring (bicyclic) bond motifs is 2. The Hall–Kier alpha value is -3.61. The number of rotatable bonds is 14. The molecule has 19 nitrogen and oxygen atoms in total. The fourth-order valence-corrected chi connectivity index (χ4v) is 6.66. The first-order valence-corrected chi connectivity index (χ1v) is 30.0. The number of aromatic nitrogens is 4. The molecule has 2 aromatic carbocycles. The molecule has 0 amide bonds. The van der Waals surface area contributed by atoms with E-state index in [-0.39, 0.29) is 23.4 Å². The third-order valence-electron chi connectivity index (χ3n) is 8.41. The first-order chi connectivity index (χ1) is 28.9. The second-order valence-electron chi connectivity index (χ2n) is 13.4. The van der Waals surface area contributed by atoms with E-state index in [1.807, 2.05) is 48.5 Å². The van der Waals surface area contributed by atoms with Crippen molar-refractivity contribution in [1.82, 2.24) is 30.6 Å². The van der Waals surface area contributed by atoms with Gasteiger partial charge in [0.15, 0.2) is 0 Å². The standard InChI is InChI=1S/C21H25N3O5S.C16H17N3O4S.I2.H2O4S/c1-30(25,26)11-9-22-13-16-6-8-19(28-16)15-5-7-18-17(12-15)21(24-14-23-18)29-20-4-2-3-10-27-20;1-24(21,22)7-6-17-9-12-3-5-15(23-12)11-2-4-14-13(8-11)16(20)19-10-18-14;1-2;1-5(2,3)4/h5-8,12,14,20,22H,2-4,9-11,13H2,1H3;2-5,8,10,17H,6-7,9H2,1H3,(H,18,19,20);;(H2,1,2,3,4). The highest BCUT2D eigenvalue weighted by atomic mass is 128. The maximum Gasteiger partial charge on any atom is 0.394 e. The molecule has 61 heavy (non-hydrogen) atoms. The molecule has 0 saturated carbocycles. The Morgan fingerprint density at radius 2 is 1.28 bits per heavy atom. The Bertz CT molecular complexity index is 2730. The zero-order valence-electron chi connectivity index (χ0n) is 32.8. The minimum Gasteiger partial charge on any atom is -0.460 e. The fourth-order valence-electron chi connectivity index (χ4n) is 5.63. The third kappa shape index (κ3) is 18.0. The molecular formula is C37H44I2N6O13S3. The van der Waals surface area contributed by atoms with Crippen molar-refractivity contribution in [3.8, 4) is 28.5 Å². The first kappa shape index (κ1) is 50.0. The van der Waals surface area contributed by atoms with Crippen molar-refractivity contribution in [3.05, 3.63) is 95.2 Å². The summed E-state index contributed by atoms with van der Waals surface area (Å²) in [6.07, 6.45) is 7.99. The molecule has 7 rings (SSSR count). The van der Waals surface area contributed by atoms with Crippen molar-refractivity contribution < 1.29 is 52.7 Å². The quantitative estimate of drug-likeness (QED) is 0.0521. The summed E-state index contributed by atoms with van der Waals surface area (Å²) >= 11 is 4.24. The lowest BCUT2D eigenvalue weighted by molar-refractivity contribution is -0.107. The van der Waals surface area contributed by atoms with Crippen molar-refractivity contribution in [2.75, 3.05) is 43.7 Å². The zero-order chi connectivity index (χ0) is 44.6. The van der Waals surface area contributed by atoms with Gasteiger partial charge in [-0.2, -0.15) is 8.42 Å². The maximum atomic E-state index is 11.8. The molecule has 0 radical (unpaired) electrons. The number of furan rings is 2. The minimum absolute atomic E-state index is 0.0843. The molecule has 1 aliphatic rings. The lowest BCUT2D eigenvalue weighted by atomic mass is 10.1. The predicted octanol–water partition coefficient (Wildman–Crippen LogP) is 5.37. The van der Waals surface area contributed by atoms with Gasteiger partial charge in [-0.3, -0.25) is 13.9 Å². The number of hydrogen-bond acceptors (Lipinski definition) is 16. The average molecular weight is 1130 g/mol. The molecule has 5 heterocycles. The van der Waals surface area contributed by atoms with E-state index in [0.29, 0.717) is 66.8 Å². The average Bonchev–Trinajstić information content (AvgIpc) is 3.89. The zero-order valence-corrected chi connectivity index (χ0v) is 39.5. The second kappa shape index (κ2) is 23.7. The summed E-state index contributed by atoms with van der Waals surface area (Å²) in [5, 5.41) is 7.40. The molecule has 5 N–H and O–H groups in total. The number of ether oxygens (including phenoxy) is 2. The van der Waals surface area contributed by atoms with Crippen LogP contribution in [0.3, 0.4) is 0 Å². The number of H-pyrrole nitrogens is 1. The fraction of sp³-hybridized carbons (Fsp3) is 0.351. The van der Waals surface area contributed by atoms with Crippen LogP contribution in [0.25, 0.3) is 44.5 Å². The summed E-state index contributed by atoms with van der Waals surface area (Å²) in [6, 6.07) is 18.6. The van der Waals surface area contributed by atoms with Gasteiger partial charge in [0, 0.05) is 80.4 Å². The SMILES string of the molecule is CS(=O)(=O)CCNCc1ccc(-c2ccc3nc[nH]c(=O)c3c2)o1.CS(=O)(=O)CCNCc1ccc(-c2ccc3ncnc(OC4CCCCO4)c3c2)o1.II.O=S(=O)(O)O. The van der Waals surface area contributed by atoms with Gasteiger partial charge in [-0.25, -0.2) is 31.8 Å². The highest BCUT2D eigenvalue weighted by Gasteiger charge is 2.18. The highest BCUT2D eigenvalue weighted by molar-refractivity contribution is 15.0. The molecular weight excluding hydrogens is 1090 g/mol. The van der Waals surface area contributed by atoms with Crippen molar-refractivity contribution in [1.29, 1.82) is 0 Å². The topological polar surface area (TPSA) is 283 Å². The molecule has 1 aliphatic heterocycles. The normalized spacial score (nSPS) is 14.2. The van der Waals surface area contributed by atoms with Crippen LogP contribution in [0, 0.1) is 0 Å². The van der Waals surface area contributed by atoms with Crippen LogP contribution in [0.2, 0.25) is 0 Å². The summed E-state index contributed by atoms with van der Waals surface area (Å²) in [5.41, 5.74) is 2.87. The number of halogens is 2. The molecule has 6 aromatic rings. The number of nitrogens with zero attached hydrogens (tertiary/aromatic N) is 3. The molecule has 1 atom stereocenters. The van der Waals surface area contributed by atoms with Gasteiger partial charge < -0.3 is 33.9 Å². The van der Waals surface area contributed by atoms with E-state index in [1.165, 1.54) is 25.2 Å². The maximum absolute atomic E-state index is 11.8. The molecule has 1 saturated heterocycles. The summed E-state index contributed by atoms with van der Waals surface area (Å²) in [7, 11) is -10.6. The van der Waals surface area contributed by atoms with E-state index in [9.17, 15) is 21.6 Å². The molecule has 0 aliphatic carbocycles. The van der Waals surface area contributed by atoms with Crippen LogP contribution < -0.4 is 20.9 Å². The van der Waals surface area contributed by atoms with Crippen LogP contribution in [-0.4, -0.2) is 104 Å². The highest BCUT2D eigenvalue weighted by Crippen LogP contribution is 2.31. The first-order valence-electron chi connectivity index (χ1n) is 18.2. The van der Waals surface area contributed by atoms with Gasteiger partial charge in [0.1, 0.15) is 49.0 Å². The molecule has 4 aromatic heterocycles. The van der Waals surface area contributed by atoms with Crippen LogP contribution >= 0.6 is 37.2 Å². The minimum atomic E-state index is -4.67. The van der Waals surface area contributed by atoms with E-state index in [2.05, 4.69) is 67.8 Å². The van der Waals surface area contributed by atoms with Crippen LogP contribution in [0.4, 0.5) is 0 Å². The number of aromatic amines is 1. The van der Waals surface area contributed by atoms with Gasteiger partial charge >= 0.3 is 10.4 Å². The second-order valence-corrected chi connectivity index (χ2v) is 18.8. The smallest absolute Gasteiger partial charge is 0.394 e. The molecule has 1 fully saturated rings. The summed E-state index contributed by atoms with van der Waals surface area (Å²) < 4.78 is 99.5. The van der Waals surface area contributed by atoms with Crippen molar-refractivity contribution in [3.63, 3.8) is 0 Å². The summed E-state index contributed by atoms with van der Waals surface area (Å²) in [5.74, 6) is 3.46. The lowest BCUT2D eigenvalue weighted by Gasteiger charge is -2.23. The predicted molar refractivity (Wildman–Crippen MR) is 247 cm³/mol. The van der Waals surface area contributed by atoms with Crippen molar-refractivity contribution in [2.24, 2.45) is 0 Å². The third-order valence-corrected chi connectivity index (χ3v) is 10.3. The number of benzene rings is 2. The Morgan fingerprint density at radius 3 is 1.79 bits per heavy atom. The summed E-state index contributed by atoms with van der Waals surface area (Å²) in [4.78, 5) is 27.1. The van der Waals surface area contributed by atoms with E-state index >= 15 is 0 Å². The number of hydrogen-bond donors (Lipinski definition) is 5. The Labute approximate surface area is 375 Å². The largest absolute Gasteiger partial charge is 0.460 e. The van der Waals surface area contributed by atoms with Gasteiger partial charge in [0.25, 0.3) is 5.56 Å². The van der Waals surface area contributed by atoms with E-state index in [0.717, 1.165) is 47.1 Å².